The Hall–Kier alpha value is -1.91. The van der Waals surface area contributed by atoms with Gasteiger partial charge in [-0.25, -0.2) is 4.98 Å². The molecular formula is C22H32N4. The maximum atomic E-state index is 5.79. The Bertz CT molecular complexity index is 688. The molecule has 1 atom stereocenters. The quantitative estimate of drug-likeness (QED) is 0.861. The Morgan fingerprint density at radius 1 is 0.885 bits per heavy atom. The molecule has 26 heavy (non-hydrogen) atoms. The van der Waals surface area contributed by atoms with E-state index in [1.54, 1.807) is 0 Å². The van der Waals surface area contributed by atoms with Crippen LogP contribution in [-0.2, 0) is 0 Å². The van der Waals surface area contributed by atoms with Crippen LogP contribution in [-0.4, -0.2) is 54.1 Å². The minimum Gasteiger partial charge on any atom is -0.384 e. The Labute approximate surface area is 158 Å². The molecule has 1 aliphatic rings. The lowest BCUT2D eigenvalue weighted by Crippen LogP contribution is -2.48. The molecule has 0 radical (unpaired) electrons. The predicted octanol–water partition coefficient (Wildman–Crippen LogP) is 3.71. The fraction of sp³-hybridized carbons (Fsp3) is 0.500. The third-order valence-corrected chi connectivity index (χ3v) is 5.17. The number of piperazine rings is 1. The van der Waals surface area contributed by atoms with Crippen LogP contribution in [0.25, 0.3) is 11.3 Å². The molecular weight excluding hydrogens is 320 g/mol. The van der Waals surface area contributed by atoms with Crippen LogP contribution < -0.4 is 5.73 Å². The van der Waals surface area contributed by atoms with E-state index in [4.69, 9.17) is 5.73 Å². The molecule has 1 saturated heterocycles. The second kappa shape index (κ2) is 8.65. The molecule has 2 aromatic rings. The van der Waals surface area contributed by atoms with Gasteiger partial charge in [-0.15, -0.1) is 0 Å². The largest absolute Gasteiger partial charge is 0.384 e. The molecule has 0 aliphatic carbocycles. The van der Waals surface area contributed by atoms with Gasteiger partial charge in [0.15, 0.2) is 0 Å². The highest BCUT2D eigenvalue weighted by Crippen LogP contribution is 2.23. The third-order valence-electron chi connectivity index (χ3n) is 5.17. The first-order valence-corrected chi connectivity index (χ1v) is 9.79. The molecule has 1 fully saturated rings. The van der Waals surface area contributed by atoms with Crippen molar-refractivity contribution in [3.8, 4) is 11.3 Å². The summed E-state index contributed by atoms with van der Waals surface area (Å²) in [6, 6.07) is 14.6. The number of rotatable bonds is 6. The van der Waals surface area contributed by atoms with Gasteiger partial charge in [-0.3, -0.25) is 0 Å². The normalized spacial score (nSPS) is 17.5. The topological polar surface area (TPSA) is 45.4 Å². The Balaban J connectivity index is 1.55. The summed E-state index contributed by atoms with van der Waals surface area (Å²) in [5.41, 5.74) is 9.24. The number of aromatic nitrogens is 1. The first kappa shape index (κ1) is 18.9. The zero-order valence-electron chi connectivity index (χ0n) is 16.4. The minimum absolute atomic E-state index is 0.537. The maximum Gasteiger partial charge on any atom is 0.124 e. The van der Waals surface area contributed by atoms with Crippen molar-refractivity contribution in [3.05, 3.63) is 48.0 Å². The first-order chi connectivity index (χ1) is 12.5. The molecule has 2 heterocycles. The lowest BCUT2D eigenvalue weighted by molar-refractivity contribution is 0.118. The minimum atomic E-state index is 0.537. The van der Waals surface area contributed by atoms with Gasteiger partial charge in [0.1, 0.15) is 5.82 Å². The first-order valence-electron chi connectivity index (χ1n) is 9.79. The third kappa shape index (κ3) is 5.05. The molecule has 4 nitrogen and oxygen atoms in total. The molecule has 2 N–H and O–H groups in total. The summed E-state index contributed by atoms with van der Waals surface area (Å²) in [7, 11) is 0. The summed E-state index contributed by atoms with van der Waals surface area (Å²) in [4.78, 5) is 9.61. The van der Waals surface area contributed by atoms with Gasteiger partial charge in [-0.1, -0.05) is 51.1 Å². The molecule has 1 aromatic carbocycles. The van der Waals surface area contributed by atoms with Gasteiger partial charge in [0.25, 0.3) is 0 Å². The van der Waals surface area contributed by atoms with Gasteiger partial charge in [0.05, 0.1) is 5.69 Å². The number of pyridine rings is 1. The SMILES string of the molecule is CC(C)CN1CCN(CC(C)c2ccc(-c3cccc(N)n3)cc2)CC1. The summed E-state index contributed by atoms with van der Waals surface area (Å²) in [5, 5.41) is 0. The van der Waals surface area contributed by atoms with E-state index in [9.17, 15) is 0 Å². The number of nitrogen functional groups attached to an aromatic ring is 1. The average molecular weight is 353 g/mol. The monoisotopic (exact) mass is 352 g/mol. The highest BCUT2D eigenvalue weighted by Gasteiger charge is 2.19. The number of benzene rings is 1. The predicted molar refractivity (Wildman–Crippen MR) is 110 cm³/mol. The maximum absolute atomic E-state index is 5.79. The molecule has 1 aliphatic heterocycles. The van der Waals surface area contributed by atoms with E-state index < -0.39 is 0 Å². The van der Waals surface area contributed by atoms with Crippen LogP contribution >= 0.6 is 0 Å². The molecule has 0 bridgehead atoms. The Morgan fingerprint density at radius 2 is 1.50 bits per heavy atom. The van der Waals surface area contributed by atoms with Crippen molar-refractivity contribution in [3.63, 3.8) is 0 Å². The summed E-state index contributed by atoms with van der Waals surface area (Å²) in [6.45, 7) is 14.1. The van der Waals surface area contributed by atoms with E-state index in [-0.39, 0.29) is 0 Å². The van der Waals surface area contributed by atoms with Gasteiger partial charge >= 0.3 is 0 Å². The van der Waals surface area contributed by atoms with E-state index in [1.165, 1.54) is 38.3 Å². The Kier molecular flexibility index (Phi) is 6.28. The second-order valence-corrected chi connectivity index (χ2v) is 7.97. The van der Waals surface area contributed by atoms with Gasteiger partial charge < -0.3 is 15.5 Å². The molecule has 4 heteroatoms. The van der Waals surface area contributed by atoms with E-state index in [1.807, 2.05) is 18.2 Å². The van der Waals surface area contributed by atoms with E-state index in [0.29, 0.717) is 11.7 Å². The van der Waals surface area contributed by atoms with Crippen molar-refractivity contribution in [1.29, 1.82) is 0 Å². The second-order valence-electron chi connectivity index (χ2n) is 7.97. The summed E-state index contributed by atoms with van der Waals surface area (Å²) < 4.78 is 0. The lowest BCUT2D eigenvalue weighted by Gasteiger charge is -2.36. The van der Waals surface area contributed by atoms with E-state index in [2.05, 4.69) is 59.8 Å². The number of nitrogens with zero attached hydrogens (tertiary/aromatic N) is 3. The number of nitrogens with two attached hydrogens (primary N) is 1. The van der Waals surface area contributed by atoms with Crippen molar-refractivity contribution < 1.29 is 0 Å². The summed E-state index contributed by atoms with van der Waals surface area (Å²) >= 11 is 0. The molecule has 0 amide bonds. The van der Waals surface area contributed by atoms with E-state index in [0.717, 1.165) is 23.7 Å². The fourth-order valence-corrected chi connectivity index (χ4v) is 3.76. The van der Waals surface area contributed by atoms with Crippen molar-refractivity contribution in [2.45, 2.75) is 26.7 Å². The van der Waals surface area contributed by atoms with Crippen LogP contribution in [0.3, 0.4) is 0 Å². The summed E-state index contributed by atoms with van der Waals surface area (Å²) in [6.07, 6.45) is 0. The smallest absolute Gasteiger partial charge is 0.124 e. The molecule has 3 rings (SSSR count). The number of anilines is 1. The van der Waals surface area contributed by atoms with Gasteiger partial charge in [0, 0.05) is 44.8 Å². The molecule has 1 unspecified atom stereocenters. The standard InChI is InChI=1S/C22H32N4/c1-17(2)15-25-11-13-26(14-12-25)16-18(3)19-7-9-20(10-8-19)21-5-4-6-22(23)24-21/h4-10,17-18H,11-16H2,1-3H3,(H2,23,24). The molecule has 140 valence electrons. The number of hydrogen-bond donors (Lipinski definition) is 1. The van der Waals surface area contributed by atoms with Gasteiger partial charge in [-0.2, -0.15) is 0 Å². The van der Waals surface area contributed by atoms with Crippen molar-refractivity contribution >= 4 is 5.82 Å². The highest BCUT2D eigenvalue weighted by atomic mass is 15.3. The van der Waals surface area contributed by atoms with Crippen LogP contribution in [0, 0.1) is 5.92 Å². The average Bonchev–Trinajstić information content (AvgIpc) is 2.63. The van der Waals surface area contributed by atoms with Crippen LogP contribution in [0.1, 0.15) is 32.3 Å². The highest BCUT2D eigenvalue weighted by molar-refractivity contribution is 5.61. The Morgan fingerprint density at radius 3 is 2.08 bits per heavy atom. The van der Waals surface area contributed by atoms with Crippen molar-refractivity contribution in [1.82, 2.24) is 14.8 Å². The fourth-order valence-electron chi connectivity index (χ4n) is 3.76. The lowest BCUT2D eigenvalue weighted by atomic mass is 9.98. The van der Waals surface area contributed by atoms with Crippen LogP contribution in [0.4, 0.5) is 5.82 Å². The molecule has 1 aromatic heterocycles. The van der Waals surface area contributed by atoms with Crippen molar-refractivity contribution in [2.24, 2.45) is 5.92 Å². The van der Waals surface area contributed by atoms with Crippen LogP contribution in [0.15, 0.2) is 42.5 Å². The van der Waals surface area contributed by atoms with E-state index >= 15 is 0 Å². The zero-order chi connectivity index (χ0) is 18.5. The zero-order valence-corrected chi connectivity index (χ0v) is 16.4. The number of hydrogen-bond acceptors (Lipinski definition) is 4. The van der Waals surface area contributed by atoms with Crippen LogP contribution in [0.2, 0.25) is 0 Å². The van der Waals surface area contributed by atoms with Gasteiger partial charge in [0.2, 0.25) is 0 Å². The van der Waals surface area contributed by atoms with Crippen LogP contribution in [0.5, 0.6) is 0 Å². The summed E-state index contributed by atoms with van der Waals surface area (Å²) in [5.74, 6) is 1.86. The van der Waals surface area contributed by atoms with Gasteiger partial charge in [-0.05, 0) is 29.5 Å². The molecule has 0 spiro atoms. The molecule has 0 saturated carbocycles. The van der Waals surface area contributed by atoms with Crippen molar-refractivity contribution in [2.75, 3.05) is 45.0 Å².